The van der Waals surface area contributed by atoms with Crippen LogP contribution in [-0.2, 0) is 14.3 Å². The van der Waals surface area contributed by atoms with Gasteiger partial charge in [0.1, 0.15) is 11.3 Å². The predicted molar refractivity (Wildman–Crippen MR) is 110 cm³/mol. The molecule has 0 spiro atoms. The van der Waals surface area contributed by atoms with Crippen LogP contribution < -0.4 is 5.32 Å². The number of benzene rings is 3. The van der Waals surface area contributed by atoms with E-state index in [2.05, 4.69) is 5.32 Å². The van der Waals surface area contributed by atoms with Gasteiger partial charge in [0.05, 0.1) is 7.11 Å². The molecular weight excluding hydrogens is 354 g/mol. The van der Waals surface area contributed by atoms with Crippen LogP contribution in [0.4, 0.5) is 5.69 Å². The highest BCUT2D eigenvalue weighted by Gasteiger charge is 2.16. The third-order valence-corrected chi connectivity index (χ3v) is 4.12. The number of carbonyl (C=O) groups is 2. The Labute approximate surface area is 162 Å². The summed E-state index contributed by atoms with van der Waals surface area (Å²) in [6.07, 6.45) is 4.29. The fraction of sp³-hybridized carbons (Fsp3) is 0.0435. The van der Waals surface area contributed by atoms with Crippen molar-refractivity contribution in [2.24, 2.45) is 0 Å². The number of allylic oxidation sites excluding steroid dienone is 1. The summed E-state index contributed by atoms with van der Waals surface area (Å²) in [5.41, 5.74) is 1.33. The molecule has 140 valence electrons. The summed E-state index contributed by atoms with van der Waals surface area (Å²) in [7, 11) is 1.22. The maximum atomic E-state index is 12.5. The average molecular weight is 373 g/mol. The highest BCUT2D eigenvalue weighted by atomic mass is 16.5. The van der Waals surface area contributed by atoms with Crippen LogP contribution >= 0.6 is 0 Å². The Morgan fingerprint density at radius 3 is 2.39 bits per heavy atom. The summed E-state index contributed by atoms with van der Waals surface area (Å²) in [6, 6.07) is 20.0. The first-order valence-corrected chi connectivity index (χ1v) is 8.62. The first kappa shape index (κ1) is 18.9. The van der Waals surface area contributed by atoms with Crippen LogP contribution in [0.5, 0.6) is 5.75 Å². The summed E-state index contributed by atoms with van der Waals surface area (Å²) in [5, 5.41) is 14.3. The molecule has 0 aliphatic rings. The second kappa shape index (κ2) is 8.68. The zero-order valence-electron chi connectivity index (χ0n) is 15.3. The average Bonchev–Trinajstić information content (AvgIpc) is 2.73. The van der Waals surface area contributed by atoms with Crippen molar-refractivity contribution in [2.45, 2.75) is 0 Å². The molecule has 2 N–H and O–H groups in total. The molecular formula is C23H19NO4. The Kier molecular flexibility index (Phi) is 5.87. The van der Waals surface area contributed by atoms with Gasteiger partial charge in [0.2, 0.25) is 0 Å². The molecule has 0 aliphatic heterocycles. The third kappa shape index (κ3) is 4.65. The Bertz CT molecular complexity index is 1070. The maximum absolute atomic E-state index is 12.5. The maximum Gasteiger partial charge on any atom is 0.343 e. The number of ketones is 1. The number of hydrogen-bond acceptors (Lipinski definition) is 5. The molecule has 5 nitrogen and oxygen atoms in total. The van der Waals surface area contributed by atoms with Gasteiger partial charge in [0.25, 0.3) is 0 Å². The number of anilines is 1. The van der Waals surface area contributed by atoms with Crippen molar-refractivity contribution >= 4 is 34.3 Å². The molecule has 0 amide bonds. The van der Waals surface area contributed by atoms with Gasteiger partial charge in [0.15, 0.2) is 5.78 Å². The Morgan fingerprint density at radius 1 is 0.964 bits per heavy atom. The standard InChI is InChI=1S/C23H19NO4/c1-28-23(27)21(15-24-19-9-11-20(25)12-10-19)22(26)13-7-16-6-8-17-4-2-3-5-18(17)14-16/h2-15,24-25H,1H3. The van der Waals surface area contributed by atoms with E-state index in [1.54, 1.807) is 18.2 Å². The molecule has 0 unspecified atom stereocenters. The molecule has 0 aromatic heterocycles. The number of hydrogen-bond donors (Lipinski definition) is 2. The second-order valence-corrected chi connectivity index (χ2v) is 6.04. The van der Waals surface area contributed by atoms with E-state index in [0.717, 1.165) is 16.3 Å². The van der Waals surface area contributed by atoms with Gasteiger partial charge in [-0.05, 0) is 52.7 Å². The quantitative estimate of drug-likeness (QED) is 0.222. The smallest absolute Gasteiger partial charge is 0.343 e. The molecule has 0 aliphatic carbocycles. The van der Waals surface area contributed by atoms with E-state index in [-0.39, 0.29) is 11.3 Å². The van der Waals surface area contributed by atoms with Crippen LogP contribution in [0.3, 0.4) is 0 Å². The van der Waals surface area contributed by atoms with E-state index in [0.29, 0.717) is 5.69 Å². The van der Waals surface area contributed by atoms with Crippen molar-refractivity contribution in [2.75, 3.05) is 12.4 Å². The van der Waals surface area contributed by atoms with Crippen LogP contribution in [0.2, 0.25) is 0 Å². The Balaban J connectivity index is 1.79. The number of carbonyl (C=O) groups excluding carboxylic acids is 2. The lowest BCUT2D eigenvalue weighted by atomic mass is 10.1. The molecule has 0 atom stereocenters. The SMILES string of the molecule is COC(=O)C(=CNc1ccc(O)cc1)C(=O)C=Cc1ccc2ccccc2c1. The van der Waals surface area contributed by atoms with Gasteiger partial charge in [0, 0.05) is 11.9 Å². The second-order valence-electron chi connectivity index (χ2n) is 6.04. The zero-order chi connectivity index (χ0) is 19.9. The van der Waals surface area contributed by atoms with Gasteiger partial charge in [-0.2, -0.15) is 0 Å². The van der Waals surface area contributed by atoms with Crippen molar-refractivity contribution in [3.8, 4) is 5.75 Å². The minimum absolute atomic E-state index is 0.122. The third-order valence-electron chi connectivity index (χ3n) is 4.12. The van der Waals surface area contributed by atoms with E-state index in [9.17, 15) is 14.7 Å². The summed E-state index contributed by atoms with van der Waals surface area (Å²) in [4.78, 5) is 24.5. The molecule has 28 heavy (non-hydrogen) atoms. The van der Waals surface area contributed by atoms with Gasteiger partial charge in [-0.25, -0.2) is 4.79 Å². The van der Waals surface area contributed by atoms with E-state index >= 15 is 0 Å². The van der Waals surface area contributed by atoms with Crippen LogP contribution in [0.1, 0.15) is 5.56 Å². The number of rotatable bonds is 6. The summed E-state index contributed by atoms with van der Waals surface area (Å²) in [5.74, 6) is -1.09. The lowest BCUT2D eigenvalue weighted by Crippen LogP contribution is -2.14. The van der Waals surface area contributed by atoms with E-state index in [1.165, 1.54) is 31.5 Å². The number of methoxy groups -OCH3 is 1. The number of nitrogens with one attached hydrogen (secondary N) is 1. The van der Waals surface area contributed by atoms with Crippen molar-refractivity contribution in [1.82, 2.24) is 0 Å². The van der Waals surface area contributed by atoms with E-state index in [4.69, 9.17) is 4.74 Å². The largest absolute Gasteiger partial charge is 0.508 e. The number of aromatic hydroxyl groups is 1. The highest BCUT2D eigenvalue weighted by Crippen LogP contribution is 2.17. The van der Waals surface area contributed by atoms with Crippen LogP contribution in [-0.4, -0.2) is 24.0 Å². The molecule has 3 aromatic carbocycles. The van der Waals surface area contributed by atoms with E-state index < -0.39 is 11.8 Å². The Morgan fingerprint density at radius 2 is 1.68 bits per heavy atom. The molecule has 0 fully saturated rings. The highest BCUT2D eigenvalue weighted by molar-refractivity contribution is 6.22. The molecule has 0 heterocycles. The molecule has 0 saturated carbocycles. The number of phenols is 1. The Hall–Kier alpha value is -3.86. The number of esters is 1. The fourth-order valence-corrected chi connectivity index (χ4v) is 2.63. The lowest BCUT2D eigenvalue weighted by molar-refractivity contribution is -0.137. The van der Waals surface area contributed by atoms with Crippen molar-refractivity contribution in [3.63, 3.8) is 0 Å². The number of fused-ring (bicyclic) bond motifs is 1. The summed E-state index contributed by atoms with van der Waals surface area (Å²) >= 11 is 0. The topological polar surface area (TPSA) is 75.6 Å². The van der Waals surface area contributed by atoms with Crippen molar-refractivity contribution in [3.05, 3.63) is 90.1 Å². The molecule has 0 bridgehead atoms. The summed E-state index contributed by atoms with van der Waals surface area (Å²) < 4.78 is 4.71. The predicted octanol–water partition coefficient (Wildman–Crippen LogP) is 4.30. The lowest BCUT2D eigenvalue weighted by Gasteiger charge is -2.05. The molecule has 0 saturated heterocycles. The molecule has 3 aromatic rings. The van der Waals surface area contributed by atoms with Gasteiger partial charge < -0.3 is 15.2 Å². The fourth-order valence-electron chi connectivity index (χ4n) is 2.63. The number of phenolic OH excluding ortho intramolecular Hbond substituents is 1. The van der Waals surface area contributed by atoms with E-state index in [1.807, 2.05) is 42.5 Å². The van der Waals surface area contributed by atoms with Gasteiger partial charge in [-0.3, -0.25) is 4.79 Å². The van der Waals surface area contributed by atoms with Gasteiger partial charge in [-0.1, -0.05) is 42.5 Å². The first-order chi connectivity index (χ1) is 13.6. The first-order valence-electron chi connectivity index (χ1n) is 8.62. The van der Waals surface area contributed by atoms with Crippen molar-refractivity contribution in [1.29, 1.82) is 0 Å². The van der Waals surface area contributed by atoms with Crippen LogP contribution in [0.25, 0.3) is 16.8 Å². The summed E-state index contributed by atoms with van der Waals surface area (Å²) in [6.45, 7) is 0. The minimum atomic E-state index is -0.737. The van der Waals surface area contributed by atoms with Crippen molar-refractivity contribution < 1.29 is 19.4 Å². The minimum Gasteiger partial charge on any atom is -0.508 e. The number of ether oxygens (including phenoxy) is 1. The molecule has 0 radical (unpaired) electrons. The molecule has 5 heteroatoms. The zero-order valence-corrected chi connectivity index (χ0v) is 15.3. The van der Waals surface area contributed by atoms with Crippen LogP contribution in [0.15, 0.2) is 84.6 Å². The molecule has 3 rings (SSSR count). The van der Waals surface area contributed by atoms with Gasteiger partial charge >= 0.3 is 5.97 Å². The normalized spacial score (nSPS) is 11.5. The van der Waals surface area contributed by atoms with Gasteiger partial charge in [-0.15, -0.1) is 0 Å². The van der Waals surface area contributed by atoms with Crippen LogP contribution in [0, 0.1) is 0 Å². The monoisotopic (exact) mass is 373 g/mol.